The Morgan fingerprint density at radius 1 is 0.963 bits per heavy atom. The normalized spacial score (nSPS) is 14.8. The molecule has 1 fully saturated rings. The summed E-state index contributed by atoms with van der Waals surface area (Å²) in [5, 5.41) is 0. The first-order valence-corrected chi connectivity index (χ1v) is 9.25. The summed E-state index contributed by atoms with van der Waals surface area (Å²) in [6.07, 6.45) is 0. The summed E-state index contributed by atoms with van der Waals surface area (Å²) in [7, 11) is 0. The Morgan fingerprint density at radius 2 is 1.59 bits per heavy atom. The van der Waals surface area contributed by atoms with Crippen molar-refractivity contribution in [1.29, 1.82) is 0 Å². The summed E-state index contributed by atoms with van der Waals surface area (Å²) in [6.45, 7) is 6.62. The van der Waals surface area contributed by atoms with E-state index in [1.54, 1.807) is 23.1 Å². The highest BCUT2D eigenvalue weighted by atomic mass is 16.2. The van der Waals surface area contributed by atoms with Crippen LogP contribution in [0.25, 0.3) is 0 Å². The number of benzene rings is 2. The first-order chi connectivity index (χ1) is 13.1. The van der Waals surface area contributed by atoms with E-state index in [1.165, 1.54) is 12.6 Å². The molecule has 2 N–H and O–H groups in total. The van der Waals surface area contributed by atoms with Crippen molar-refractivity contribution in [3.05, 3.63) is 60.2 Å². The minimum atomic E-state index is -0.520. The van der Waals surface area contributed by atoms with Crippen molar-refractivity contribution in [1.82, 2.24) is 4.90 Å². The summed E-state index contributed by atoms with van der Waals surface area (Å²) in [4.78, 5) is 30.2. The van der Waals surface area contributed by atoms with E-state index >= 15 is 0 Å². The highest BCUT2D eigenvalue weighted by Gasteiger charge is 2.21. The van der Waals surface area contributed by atoms with E-state index in [1.807, 2.05) is 12.1 Å². The number of rotatable bonds is 6. The highest BCUT2D eigenvalue weighted by Crippen LogP contribution is 2.21. The third-order valence-electron chi connectivity index (χ3n) is 4.97. The summed E-state index contributed by atoms with van der Waals surface area (Å²) < 4.78 is 0. The monoisotopic (exact) mass is 366 g/mol. The largest absolute Gasteiger partial charge is 0.369 e. The van der Waals surface area contributed by atoms with Gasteiger partial charge in [0.05, 0.1) is 11.3 Å². The van der Waals surface area contributed by atoms with Gasteiger partial charge in [-0.2, -0.15) is 0 Å². The minimum Gasteiger partial charge on any atom is -0.369 e. The molecule has 0 aliphatic carbocycles. The van der Waals surface area contributed by atoms with Crippen LogP contribution in [-0.4, -0.2) is 56.0 Å². The average Bonchev–Trinajstić information content (AvgIpc) is 2.69. The molecule has 0 atom stereocenters. The zero-order chi connectivity index (χ0) is 19.2. The van der Waals surface area contributed by atoms with E-state index in [2.05, 4.69) is 34.1 Å². The minimum absolute atomic E-state index is 0.0911. The summed E-state index contributed by atoms with van der Waals surface area (Å²) in [5.41, 5.74) is 7.68. The fraction of sp³-hybridized carbons (Fsp3) is 0.333. The van der Waals surface area contributed by atoms with Gasteiger partial charge >= 0.3 is 0 Å². The maximum absolute atomic E-state index is 12.2. The number of hydrogen-bond acceptors (Lipinski definition) is 4. The van der Waals surface area contributed by atoms with Gasteiger partial charge in [0.2, 0.25) is 5.91 Å². The van der Waals surface area contributed by atoms with Crippen LogP contribution in [0, 0.1) is 0 Å². The van der Waals surface area contributed by atoms with E-state index in [0.717, 1.165) is 32.7 Å². The van der Waals surface area contributed by atoms with Crippen molar-refractivity contribution < 1.29 is 9.59 Å². The number of para-hydroxylation sites is 2. The predicted octanol–water partition coefficient (Wildman–Crippen LogP) is 1.96. The van der Waals surface area contributed by atoms with Crippen molar-refractivity contribution in [2.24, 2.45) is 5.73 Å². The first kappa shape index (κ1) is 18.9. The van der Waals surface area contributed by atoms with Crippen LogP contribution in [0.15, 0.2) is 54.6 Å². The van der Waals surface area contributed by atoms with Gasteiger partial charge in [0.15, 0.2) is 0 Å². The summed E-state index contributed by atoms with van der Waals surface area (Å²) in [6, 6.07) is 17.4. The van der Waals surface area contributed by atoms with Crippen molar-refractivity contribution in [2.75, 3.05) is 49.1 Å². The molecule has 0 saturated carbocycles. The summed E-state index contributed by atoms with van der Waals surface area (Å²) >= 11 is 0. The summed E-state index contributed by atoms with van der Waals surface area (Å²) in [5.74, 6) is -0.611. The molecule has 1 aliphatic heterocycles. The van der Waals surface area contributed by atoms with Crippen LogP contribution >= 0.6 is 0 Å². The molecule has 0 aromatic heterocycles. The standard InChI is InChI=1S/C21H26N4O2/c1-17(26)25(20-10-6-5-9-19(20)21(22)27)16-13-23-11-14-24(15-12-23)18-7-3-2-4-8-18/h2-10H,11-16H2,1H3,(H2,22,27). The number of carbonyl (C=O) groups is 2. The number of anilines is 2. The molecule has 1 aliphatic rings. The molecule has 3 rings (SSSR count). The molecule has 0 unspecified atom stereocenters. The molecular formula is C21H26N4O2. The first-order valence-electron chi connectivity index (χ1n) is 9.25. The Bertz CT molecular complexity index is 786. The molecule has 142 valence electrons. The van der Waals surface area contributed by atoms with Crippen LogP contribution in [0.1, 0.15) is 17.3 Å². The lowest BCUT2D eigenvalue weighted by Crippen LogP contribution is -2.49. The van der Waals surface area contributed by atoms with Crippen LogP contribution in [0.4, 0.5) is 11.4 Å². The molecule has 27 heavy (non-hydrogen) atoms. The third kappa shape index (κ3) is 4.65. The fourth-order valence-electron chi connectivity index (χ4n) is 3.47. The second-order valence-corrected chi connectivity index (χ2v) is 6.72. The van der Waals surface area contributed by atoms with E-state index in [9.17, 15) is 9.59 Å². The van der Waals surface area contributed by atoms with Gasteiger partial charge in [-0.1, -0.05) is 30.3 Å². The lowest BCUT2D eigenvalue weighted by atomic mass is 10.1. The van der Waals surface area contributed by atoms with Gasteiger partial charge in [-0.25, -0.2) is 0 Å². The second-order valence-electron chi connectivity index (χ2n) is 6.72. The van der Waals surface area contributed by atoms with Gasteiger partial charge in [-0.05, 0) is 24.3 Å². The molecule has 1 saturated heterocycles. The van der Waals surface area contributed by atoms with Crippen LogP contribution in [-0.2, 0) is 4.79 Å². The van der Waals surface area contributed by atoms with Crippen molar-refractivity contribution in [3.8, 4) is 0 Å². The average molecular weight is 366 g/mol. The number of amides is 2. The fourth-order valence-corrected chi connectivity index (χ4v) is 3.47. The molecule has 0 spiro atoms. The molecule has 6 heteroatoms. The number of nitrogens with two attached hydrogens (primary N) is 1. The van der Waals surface area contributed by atoms with Gasteiger partial charge < -0.3 is 15.5 Å². The third-order valence-corrected chi connectivity index (χ3v) is 4.97. The predicted molar refractivity (Wildman–Crippen MR) is 108 cm³/mol. The molecule has 0 bridgehead atoms. The SMILES string of the molecule is CC(=O)N(CCN1CCN(c2ccccc2)CC1)c1ccccc1C(N)=O. The quantitative estimate of drug-likeness (QED) is 0.848. The maximum Gasteiger partial charge on any atom is 0.250 e. The molecule has 2 amide bonds. The molecule has 2 aromatic carbocycles. The Morgan fingerprint density at radius 3 is 2.22 bits per heavy atom. The van der Waals surface area contributed by atoms with E-state index in [4.69, 9.17) is 5.73 Å². The Labute approximate surface area is 160 Å². The molecule has 6 nitrogen and oxygen atoms in total. The lowest BCUT2D eigenvalue weighted by Gasteiger charge is -2.37. The molecular weight excluding hydrogens is 340 g/mol. The zero-order valence-corrected chi connectivity index (χ0v) is 15.7. The van der Waals surface area contributed by atoms with Crippen LogP contribution in [0.5, 0.6) is 0 Å². The van der Waals surface area contributed by atoms with Gasteiger partial charge in [-0.15, -0.1) is 0 Å². The Balaban J connectivity index is 1.60. The van der Waals surface area contributed by atoms with Crippen LogP contribution < -0.4 is 15.5 Å². The van der Waals surface area contributed by atoms with Crippen LogP contribution in [0.3, 0.4) is 0 Å². The maximum atomic E-state index is 12.2. The smallest absolute Gasteiger partial charge is 0.250 e. The number of hydrogen-bond donors (Lipinski definition) is 1. The van der Waals surface area contributed by atoms with E-state index in [0.29, 0.717) is 17.8 Å². The van der Waals surface area contributed by atoms with Crippen molar-refractivity contribution in [2.45, 2.75) is 6.92 Å². The molecule has 2 aromatic rings. The van der Waals surface area contributed by atoms with Gasteiger partial charge in [-0.3, -0.25) is 14.5 Å². The van der Waals surface area contributed by atoms with Crippen molar-refractivity contribution in [3.63, 3.8) is 0 Å². The zero-order valence-electron chi connectivity index (χ0n) is 15.7. The topological polar surface area (TPSA) is 69.9 Å². The van der Waals surface area contributed by atoms with Crippen molar-refractivity contribution >= 4 is 23.2 Å². The Kier molecular flexibility index (Phi) is 6.08. The lowest BCUT2D eigenvalue weighted by molar-refractivity contribution is -0.116. The molecule has 1 heterocycles. The molecule has 0 radical (unpaired) electrons. The highest BCUT2D eigenvalue weighted by molar-refractivity contribution is 6.03. The number of carbonyl (C=O) groups excluding carboxylic acids is 2. The van der Waals surface area contributed by atoms with E-state index in [-0.39, 0.29) is 5.91 Å². The van der Waals surface area contributed by atoms with Crippen LogP contribution in [0.2, 0.25) is 0 Å². The van der Waals surface area contributed by atoms with E-state index < -0.39 is 5.91 Å². The number of piperazine rings is 1. The van der Waals surface area contributed by atoms with Gasteiger partial charge in [0.1, 0.15) is 0 Å². The van der Waals surface area contributed by atoms with Gasteiger partial charge in [0.25, 0.3) is 5.91 Å². The Hall–Kier alpha value is -2.86. The second kappa shape index (κ2) is 8.68. The number of nitrogens with zero attached hydrogens (tertiary/aromatic N) is 3. The number of primary amides is 1. The van der Waals surface area contributed by atoms with Gasteiger partial charge in [0, 0.05) is 51.9 Å².